The molecular weight excluding hydrogens is 368 g/mol. The fraction of sp³-hybridized carbons (Fsp3) is 0. The van der Waals surface area contributed by atoms with Gasteiger partial charge >= 0.3 is 0 Å². The van der Waals surface area contributed by atoms with Crippen LogP contribution in [0.5, 0.6) is 11.8 Å². The molecule has 0 saturated carbocycles. The third-order valence-corrected chi connectivity index (χ3v) is 4.99. The molecule has 7 nitrogen and oxygen atoms in total. The van der Waals surface area contributed by atoms with E-state index in [0.717, 1.165) is 0 Å². The highest BCUT2D eigenvalue weighted by molar-refractivity contribution is 6.20. The van der Waals surface area contributed by atoms with Crippen molar-refractivity contribution in [2.24, 2.45) is 0 Å². The van der Waals surface area contributed by atoms with Gasteiger partial charge in [-0.25, -0.2) is 9.97 Å². The monoisotopic (exact) mass is 378 g/mol. The van der Waals surface area contributed by atoms with Crippen molar-refractivity contribution in [2.75, 3.05) is 0 Å². The van der Waals surface area contributed by atoms with Gasteiger partial charge in [-0.1, -0.05) is 0 Å². The molecule has 0 N–H and O–H groups in total. The van der Waals surface area contributed by atoms with Crippen molar-refractivity contribution in [1.29, 1.82) is 0 Å². The van der Waals surface area contributed by atoms with Gasteiger partial charge in [-0.05, 0) is 36.4 Å². The first-order valence-corrected chi connectivity index (χ1v) is 8.91. The quantitative estimate of drug-likeness (QED) is 0.455. The summed E-state index contributed by atoms with van der Waals surface area (Å²) in [5.74, 6) is 0.374. The second-order valence-corrected chi connectivity index (χ2v) is 6.65. The first kappa shape index (κ1) is 15.8. The smallest absolute Gasteiger partial charge is 0.221 e. The van der Waals surface area contributed by atoms with Crippen LogP contribution in [0, 0.1) is 0 Å². The lowest BCUT2D eigenvalue weighted by atomic mass is 10.1. The van der Waals surface area contributed by atoms with Gasteiger partial charge in [-0.2, -0.15) is 0 Å². The summed E-state index contributed by atoms with van der Waals surface area (Å²) in [4.78, 5) is 42.4. The summed E-state index contributed by atoms with van der Waals surface area (Å²) >= 11 is 0. The fourth-order valence-electron chi connectivity index (χ4n) is 3.68. The Morgan fingerprint density at radius 1 is 0.552 bits per heavy atom. The van der Waals surface area contributed by atoms with Gasteiger partial charge in [0.25, 0.3) is 0 Å². The number of nitrogens with zero attached hydrogens (tertiary/aromatic N) is 4. The van der Waals surface area contributed by atoms with E-state index in [4.69, 9.17) is 4.74 Å². The molecule has 0 aromatic carbocycles. The van der Waals surface area contributed by atoms with E-state index in [9.17, 15) is 9.59 Å². The van der Waals surface area contributed by atoms with E-state index in [2.05, 4.69) is 19.9 Å². The molecule has 4 heterocycles. The van der Waals surface area contributed by atoms with E-state index in [1.807, 2.05) is 0 Å². The average Bonchev–Trinajstić information content (AvgIpc) is 3.21. The molecule has 4 aromatic heterocycles. The van der Waals surface area contributed by atoms with Crippen molar-refractivity contribution in [3.8, 4) is 34.5 Å². The van der Waals surface area contributed by atoms with Gasteiger partial charge in [-0.15, -0.1) is 0 Å². The van der Waals surface area contributed by atoms with Crippen LogP contribution < -0.4 is 4.74 Å². The Hall–Kier alpha value is -4.26. The maximum atomic E-state index is 12.5. The SMILES string of the molecule is O=C1c2cccnc2-c2nc(Oc3ccc4c(n3)-c3ncccc3C4=O)ccc21. The summed E-state index contributed by atoms with van der Waals surface area (Å²) in [5, 5.41) is 0. The lowest BCUT2D eigenvalue weighted by Gasteiger charge is -2.07. The number of fused-ring (bicyclic) bond motifs is 6. The highest BCUT2D eigenvalue weighted by Crippen LogP contribution is 2.37. The molecule has 0 saturated heterocycles. The molecule has 29 heavy (non-hydrogen) atoms. The third kappa shape index (κ3) is 2.18. The number of rotatable bonds is 2. The average molecular weight is 378 g/mol. The molecule has 0 radical (unpaired) electrons. The van der Waals surface area contributed by atoms with E-state index in [1.54, 1.807) is 60.9 Å². The van der Waals surface area contributed by atoms with E-state index in [0.29, 0.717) is 45.0 Å². The minimum atomic E-state index is -0.0981. The largest absolute Gasteiger partial charge is 0.421 e. The van der Waals surface area contributed by atoms with Crippen LogP contribution >= 0.6 is 0 Å². The predicted octanol–water partition coefficient (Wildman–Crippen LogP) is 3.48. The Morgan fingerprint density at radius 2 is 1.00 bits per heavy atom. The molecule has 2 aliphatic carbocycles. The second kappa shape index (κ2) is 5.62. The number of hydrogen-bond acceptors (Lipinski definition) is 7. The van der Waals surface area contributed by atoms with Gasteiger partial charge in [0.2, 0.25) is 11.8 Å². The molecule has 7 heteroatoms. The van der Waals surface area contributed by atoms with Crippen molar-refractivity contribution in [1.82, 2.24) is 19.9 Å². The Balaban J connectivity index is 1.40. The van der Waals surface area contributed by atoms with Gasteiger partial charge in [0, 0.05) is 24.5 Å². The molecule has 0 bridgehead atoms. The van der Waals surface area contributed by atoms with Crippen LogP contribution in [0.2, 0.25) is 0 Å². The Labute approximate surface area is 164 Å². The molecule has 6 rings (SSSR count). The van der Waals surface area contributed by atoms with Crippen LogP contribution in [0.15, 0.2) is 60.9 Å². The second-order valence-electron chi connectivity index (χ2n) is 6.65. The molecule has 136 valence electrons. The maximum absolute atomic E-state index is 12.5. The normalized spacial score (nSPS) is 13.0. The Bertz CT molecular complexity index is 1280. The molecule has 0 fully saturated rings. The van der Waals surface area contributed by atoms with Crippen LogP contribution in [0.4, 0.5) is 0 Å². The molecule has 0 atom stereocenters. The van der Waals surface area contributed by atoms with Crippen LogP contribution in [0.3, 0.4) is 0 Å². The van der Waals surface area contributed by atoms with E-state index in [-0.39, 0.29) is 23.3 Å². The molecule has 0 amide bonds. The maximum Gasteiger partial charge on any atom is 0.221 e. The van der Waals surface area contributed by atoms with Gasteiger partial charge in [0.05, 0.1) is 22.3 Å². The van der Waals surface area contributed by atoms with Gasteiger partial charge in [-0.3, -0.25) is 19.6 Å². The summed E-state index contributed by atoms with van der Waals surface area (Å²) in [6.45, 7) is 0. The van der Waals surface area contributed by atoms with E-state index < -0.39 is 0 Å². The van der Waals surface area contributed by atoms with E-state index in [1.165, 1.54) is 0 Å². The number of pyridine rings is 4. The number of carbonyl (C=O) groups excluding carboxylic acids is 2. The lowest BCUT2D eigenvalue weighted by Crippen LogP contribution is -1.98. The highest BCUT2D eigenvalue weighted by atomic mass is 16.5. The number of hydrogen-bond donors (Lipinski definition) is 0. The fourth-order valence-corrected chi connectivity index (χ4v) is 3.68. The molecule has 0 unspecified atom stereocenters. The van der Waals surface area contributed by atoms with E-state index >= 15 is 0 Å². The zero-order valence-electron chi connectivity index (χ0n) is 14.8. The Kier molecular flexibility index (Phi) is 3.05. The van der Waals surface area contributed by atoms with Crippen molar-refractivity contribution < 1.29 is 14.3 Å². The molecule has 2 aliphatic rings. The minimum Gasteiger partial charge on any atom is -0.421 e. The predicted molar refractivity (Wildman–Crippen MR) is 102 cm³/mol. The van der Waals surface area contributed by atoms with Gasteiger partial charge in [0.1, 0.15) is 22.8 Å². The first-order chi connectivity index (χ1) is 14.2. The zero-order chi connectivity index (χ0) is 19.5. The molecular formula is C22H10N4O3. The zero-order valence-corrected chi connectivity index (χ0v) is 14.8. The summed E-state index contributed by atoms with van der Waals surface area (Å²) < 4.78 is 5.83. The first-order valence-electron chi connectivity index (χ1n) is 8.91. The molecule has 0 spiro atoms. The summed E-state index contributed by atoms with van der Waals surface area (Å²) in [7, 11) is 0. The topological polar surface area (TPSA) is 94.9 Å². The van der Waals surface area contributed by atoms with Crippen molar-refractivity contribution in [3.05, 3.63) is 83.2 Å². The minimum absolute atomic E-state index is 0.0981. The molecule has 0 aliphatic heterocycles. The summed E-state index contributed by atoms with van der Waals surface area (Å²) in [6.07, 6.45) is 3.25. The number of ketones is 2. The number of aromatic nitrogens is 4. The van der Waals surface area contributed by atoms with Crippen molar-refractivity contribution in [2.45, 2.75) is 0 Å². The third-order valence-electron chi connectivity index (χ3n) is 4.99. The number of ether oxygens (including phenoxy) is 1. The molecule has 4 aromatic rings. The van der Waals surface area contributed by atoms with Gasteiger partial charge < -0.3 is 4.74 Å². The van der Waals surface area contributed by atoms with Crippen LogP contribution in [-0.4, -0.2) is 31.5 Å². The van der Waals surface area contributed by atoms with Crippen molar-refractivity contribution in [3.63, 3.8) is 0 Å². The van der Waals surface area contributed by atoms with Gasteiger partial charge in [0.15, 0.2) is 11.6 Å². The summed E-state index contributed by atoms with van der Waals surface area (Å²) in [5.41, 5.74) is 4.13. The van der Waals surface area contributed by atoms with Crippen molar-refractivity contribution >= 4 is 11.6 Å². The lowest BCUT2D eigenvalue weighted by molar-refractivity contribution is 0.103. The standard InChI is InChI=1S/C22H10N4O3/c27-21-11-3-1-9-23-17(11)19-13(21)5-7-15(25-19)29-16-8-6-14-20(26-16)18-12(22(14)28)4-2-10-24-18/h1-10H. The Morgan fingerprint density at radius 3 is 1.48 bits per heavy atom. The van der Waals surface area contributed by atoms with Crippen LogP contribution in [0.25, 0.3) is 22.8 Å². The van der Waals surface area contributed by atoms with Crippen LogP contribution in [-0.2, 0) is 0 Å². The summed E-state index contributed by atoms with van der Waals surface area (Å²) in [6, 6.07) is 13.5. The highest BCUT2D eigenvalue weighted by Gasteiger charge is 2.31. The van der Waals surface area contributed by atoms with Crippen LogP contribution in [0.1, 0.15) is 31.8 Å². The number of carbonyl (C=O) groups is 2.